The van der Waals surface area contributed by atoms with Gasteiger partial charge in [-0.1, -0.05) is 26.7 Å². The van der Waals surface area contributed by atoms with E-state index in [1.54, 1.807) is 24.5 Å². The van der Waals surface area contributed by atoms with Crippen molar-refractivity contribution in [1.29, 1.82) is 0 Å². The van der Waals surface area contributed by atoms with E-state index in [0.717, 1.165) is 12.8 Å². The van der Waals surface area contributed by atoms with E-state index in [0.29, 0.717) is 18.0 Å². The molecule has 0 aliphatic heterocycles. The lowest BCUT2D eigenvalue weighted by atomic mass is 9.95. The lowest BCUT2D eigenvalue weighted by Gasteiger charge is -2.21. The van der Waals surface area contributed by atoms with Crippen LogP contribution < -0.4 is 11.1 Å². The number of pyridine rings is 1. The highest BCUT2D eigenvalue weighted by molar-refractivity contribution is 5.93. The molecule has 4 heteroatoms. The molecule has 1 amide bonds. The number of carbonyl (C=O) groups excluding carboxylic acids is 1. The second kappa shape index (κ2) is 7.01. The quantitative estimate of drug-likeness (QED) is 0.786. The molecule has 1 aromatic rings. The Balaban J connectivity index is 2.43. The molecule has 0 aliphatic rings. The van der Waals surface area contributed by atoms with Crippen molar-refractivity contribution in [3.05, 3.63) is 30.1 Å². The molecule has 1 atom stereocenters. The fourth-order valence-corrected chi connectivity index (χ4v) is 1.88. The van der Waals surface area contributed by atoms with Crippen LogP contribution in [-0.2, 0) is 0 Å². The summed E-state index contributed by atoms with van der Waals surface area (Å²) in [6.07, 6.45) is 5.30. The first-order valence-corrected chi connectivity index (χ1v) is 6.12. The van der Waals surface area contributed by atoms with E-state index >= 15 is 0 Å². The minimum Gasteiger partial charge on any atom is -0.350 e. The normalized spacial score (nSPS) is 12.5. The van der Waals surface area contributed by atoms with Gasteiger partial charge in [-0.3, -0.25) is 9.78 Å². The molecule has 0 radical (unpaired) electrons. The van der Waals surface area contributed by atoms with Crippen LogP contribution in [-0.4, -0.2) is 23.5 Å². The monoisotopic (exact) mass is 235 g/mol. The zero-order valence-electron chi connectivity index (χ0n) is 10.5. The Labute approximate surface area is 103 Å². The Morgan fingerprint density at radius 1 is 1.35 bits per heavy atom. The van der Waals surface area contributed by atoms with Gasteiger partial charge in [0.2, 0.25) is 0 Å². The molecule has 0 spiro atoms. The highest BCUT2D eigenvalue weighted by Gasteiger charge is 2.15. The summed E-state index contributed by atoms with van der Waals surface area (Å²) in [6.45, 7) is 4.77. The van der Waals surface area contributed by atoms with E-state index < -0.39 is 0 Å². The van der Waals surface area contributed by atoms with Gasteiger partial charge in [-0.25, -0.2) is 0 Å². The summed E-state index contributed by atoms with van der Waals surface area (Å²) in [7, 11) is 0. The van der Waals surface area contributed by atoms with Crippen LogP contribution in [0.4, 0.5) is 0 Å². The lowest BCUT2D eigenvalue weighted by Crippen LogP contribution is -2.41. The first-order valence-electron chi connectivity index (χ1n) is 6.12. The molecule has 4 nitrogen and oxygen atoms in total. The minimum absolute atomic E-state index is 0.0239. The van der Waals surface area contributed by atoms with Gasteiger partial charge in [0.05, 0.1) is 0 Å². The van der Waals surface area contributed by atoms with Crippen molar-refractivity contribution in [2.24, 2.45) is 11.7 Å². The SMILES string of the molecule is CCC(CC)C(N)CNC(=O)c1ccncc1. The number of nitrogens with zero attached hydrogens (tertiary/aromatic N) is 1. The second-order valence-electron chi connectivity index (χ2n) is 4.19. The van der Waals surface area contributed by atoms with Gasteiger partial charge in [-0.05, 0) is 18.1 Å². The first kappa shape index (κ1) is 13.6. The number of aromatic nitrogens is 1. The van der Waals surface area contributed by atoms with E-state index in [1.807, 2.05) is 0 Å². The second-order valence-corrected chi connectivity index (χ2v) is 4.19. The van der Waals surface area contributed by atoms with Crippen molar-refractivity contribution in [3.63, 3.8) is 0 Å². The summed E-state index contributed by atoms with van der Waals surface area (Å²) in [5, 5.41) is 2.86. The average Bonchev–Trinajstić information content (AvgIpc) is 2.38. The Kier molecular flexibility index (Phi) is 5.63. The van der Waals surface area contributed by atoms with Gasteiger partial charge in [-0.2, -0.15) is 0 Å². The van der Waals surface area contributed by atoms with Crippen LogP contribution in [0.15, 0.2) is 24.5 Å². The van der Waals surface area contributed by atoms with Gasteiger partial charge in [-0.15, -0.1) is 0 Å². The maximum absolute atomic E-state index is 11.8. The molecule has 0 aromatic carbocycles. The van der Waals surface area contributed by atoms with Gasteiger partial charge in [0.15, 0.2) is 0 Å². The Hall–Kier alpha value is -1.42. The third-order valence-electron chi connectivity index (χ3n) is 3.10. The summed E-state index contributed by atoms with van der Waals surface area (Å²) in [5.41, 5.74) is 6.66. The molecular formula is C13H21N3O. The summed E-state index contributed by atoms with van der Waals surface area (Å²) in [5.74, 6) is 0.376. The first-order chi connectivity index (χ1) is 8.19. The van der Waals surface area contributed by atoms with Crippen LogP contribution in [0.3, 0.4) is 0 Å². The van der Waals surface area contributed by atoms with Crippen LogP contribution in [0.5, 0.6) is 0 Å². The predicted octanol–water partition coefficient (Wildman–Crippen LogP) is 1.57. The molecule has 94 valence electrons. The lowest BCUT2D eigenvalue weighted by molar-refractivity contribution is 0.0948. The predicted molar refractivity (Wildman–Crippen MR) is 68.6 cm³/mol. The molecule has 1 heterocycles. The van der Waals surface area contributed by atoms with E-state index in [2.05, 4.69) is 24.1 Å². The fourth-order valence-electron chi connectivity index (χ4n) is 1.88. The van der Waals surface area contributed by atoms with Gasteiger partial charge in [0, 0.05) is 30.5 Å². The minimum atomic E-state index is -0.0891. The van der Waals surface area contributed by atoms with Crippen LogP contribution >= 0.6 is 0 Å². The number of carbonyl (C=O) groups is 1. The number of hydrogen-bond acceptors (Lipinski definition) is 3. The number of nitrogens with two attached hydrogens (primary N) is 1. The van der Waals surface area contributed by atoms with Gasteiger partial charge >= 0.3 is 0 Å². The van der Waals surface area contributed by atoms with Crippen molar-refractivity contribution in [2.75, 3.05) is 6.54 Å². The van der Waals surface area contributed by atoms with E-state index in [-0.39, 0.29) is 11.9 Å². The van der Waals surface area contributed by atoms with E-state index in [9.17, 15) is 4.79 Å². The Morgan fingerprint density at radius 2 is 1.94 bits per heavy atom. The van der Waals surface area contributed by atoms with Gasteiger partial charge in [0.25, 0.3) is 5.91 Å². The summed E-state index contributed by atoms with van der Waals surface area (Å²) >= 11 is 0. The average molecular weight is 235 g/mol. The smallest absolute Gasteiger partial charge is 0.251 e. The fraction of sp³-hybridized carbons (Fsp3) is 0.538. The van der Waals surface area contributed by atoms with E-state index in [1.165, 1.54) is 0 Å². The largest absolute Gasteiger partial charge is 0.350 e. The van der Waals surface area contributed by atoms with Crippen LogP contribution in [0.2, 0.25) is 0 Å². The van der Waals surface area contributed by atoms with Crippen LogP contribution in [0.25, 0.3) is 0 Å². The third kappa shape index (κ3) is 4.15. The van der Waals surface area contributed by atoms with Crippen molar-refractivity contribution >= 4 is 5.91 Å². The molecule has 0 fully saturated rings. The molecule has 0 bridgehead atoms. The van der Waals surface area contributed by atoms with Gasteiger partial charge in [0.1, 0.15) is 0 Å². The molecular weight excluding hydrogens is 214 g/mol. The number of hydrogen-bond donors (Lipinski definition) is 2. The van der Waals surface area contributed by atoms with Crippen molar-refractivity contribution in [1.82, 2.24) is 10.3 Å². The summed E-state index contributed by atoms with van der Waals surface area (Å²) in [4.78, 5) is 15.6. The van der Waals surface area contributed by atoms with Crippen LogP contribution in [0.1, 0.15) is 37.0 Å². The van der Waals surface area contributed by atoms with E-state index in [4.69, 9.17) is 5.73 Å². The zero-order valence-corrected chi connectivity index (χ0v) is 10.5. The molecule has 1 aromatic heterocycles. The third-order valence-corrected chi connectivity index (χ3v) is 3.10. The van der Waals surface area contributed by atoms with Crippen molar-refractivity contribution in [2.45, 2.75) is 32.7 Å². The molecule has 3 N–H and O–H groups in total. The maximum atomic E-state index is 11.8. The van der Waals surface area contributed by atoms with Gasteiger partial charge < -0.3 is 11.1 Å². The number of rotatable bonds is 6. The molecule has 0 saturated carbocycles. The summed E-state index contributed by atoms with van der Waals surface area (Å²) < 4.78 is 0. The summed E-state index contributed by atoms with van der Waals surface area (Å²) in [6, 6.07) is 3.41. The Morgan fingerprint density at radius 3 is 2.47 bits per heavy atom. The van der Waals surface area contributed by atoms with Crippen molar-refractivity contribution < 1.29 is 4.79 Å². The molecule has 1 unspecified atom stereocenters. The topological polar surface area (TPSA) is 68.0 Å². The maximum Gasteiger partial charge on any atom is 0.251 e. The molecule has 17 heavy (non-hydrogen) atoms. The standard InChI is InChI=1S/C13H21N3O/c1-3-10(4-2)12(14)9-16-13(17)11-5-7-15-8-6-11/h5-8,10,12H,3-4,9,14H2,1-2H3,(H,16,17). The molecule has 0 aliphatic carbocycles. The number of nitrogens with one attached hydrogen (secondary N) is 1. The zero-order chi connectivity index (χ0) is 12.7. The molecule has 0 saturated heterocycles. The Bertz CT molecular complexity index is 336. The van der Waals surface area contributed by atoms with Crippen molar-refractivity contribution in [3.8, 4) is 0 Å². The van der Waals surface area contributed by atoms with Crippen LogP contribution in [0, 0.1) is 5.92 Å². The molecule has 1 rings (SSSR count). The highest BCUT2D eigenvalue weighted by Crippen LogP contribution is 2.10. The number of amides is 1. The highest BCUT2D eigenvalue weighted by atomic mass is 16.1.